The second kappa shape index (κ2) is 8.20. The van der Waals surface area contributed by atoms with Gasteiger partial charge in [0, 0.05) is 16.1 Å². The van der Waals surface area contributed by atoms with E-state index in [1.165, 1.54) is 7.11 Å². The molecule has 2 aromatic carbocycles. The van der Waals surface area contributed by atoms with E-state index >= 15 is 0 Å². The van der Waals surface area contributed by atoms with Gasteiger partial charge < -0.3 is 15.4 Å². The average Bonchev–Trinajstić information content (AvgIpc) is 2.53. The fraction of sp³-hybridized carbons (Fsp3) is 0.235. The number of hydrogen-bond donors (Lipinski definition) is 2. The SMILES string of the molecule is COc1ccc(Cl)cc1NC(=O)CN[C@H](C)c1ccccc1Cl. The third-order valence-corrected chi connectivity index (χ3v) is 3.96. The molecule has 0 radical (unpaired) electrons. The van der Waals surface area contributed by atoms with Gasteiger partial charge in [0.25, 0.3) is 0 Å². The molecule has 2 aromatic rings. The van der Waals surface area contributed by atoms with Crippen LogP contribution in [0.4, 0.5) is 5.69 Å². The molecule has 0 aliphatic rings. The van der Waals surface area contributed by atoms with Crippen molar-refractivity contribution in [1.82, 2.24) is 5.32 Å². The Hall–Kier alpha value is -1.75. The zero-order chi connectivity index (χ0) is 16.8. The fourth-order valence-corrected chi connectivity index (χ4v) is 2.63. The third-order valence-electron chi connectivity index (χ3n) is 3.38. The highest BCUT2D eigenvalue weighted by molar-refractivity contribution is 6.31. The van der Waals surface area contributed by atoms with E-state index in [1.807, 2.05) is 31.2 Å². The molecule has 0 heterocycles. The Kier molecular flexibility index (Phi) is 6.28. The number of carbonyl (C=O) groups excluding carboxylic acids is 1. The molecule has 0 aliphatic carbocycles. The normalized spacial score (nSPS) is 11.8. The van der Waals surface area contributed by atoms with Crippen LogP contribution in [0.1, 0.15) is 18.5 Å². The first-order valence-corrected chi connectivity index (χ1v) is 7.88. The van der Waals surface area contributed by atoms with E-state index < -0.39 is 0 Å². The van der Waals surface area contributed by atoms with Crippen LogP contribution in [0.15, 0.2) is 42.5 Å². The van der Waals surface area contributed by atoms with Crippen LogP contribution in [0.2, 0.25) is 10.0 Å². The summed E-state index contributed by atoms with van der Waals surface area (Å²) in [5.74, 6) is 0.367. The number of amides is 1. The van der Waals surface area contributed by atoms with Crippen LogP contribution < -0.4 is 15.4 Å². The van der Waals surface area contributed by atoms with Crippen LogP contribution in [0.5, 0.6) is 5.75 Å². The smallest absolute Gasteiger partial charge is 0.238 e. The van der Waals surface area contributed by atoms with Crippen LogP contribution in [0.25, 0.3) is 0 Å². The first kappa shape index (κ1) is 17.6. The number of rotatable bonds is 6. The van der Waals surface area contributed by atoms with Gasteiger partial charge in [0.1, 0.15) is 5.75 Å². The molecule has 0 saturated carbocycles. The monoisotopic (exact) mass is 352 g/mol. The minimum atomic E-state index is -0.190. The van der Waals surface area contributed by atoms with Crippen LogP contribution in [-0.2, 0) is 4.79 Å². The Balaban J connectivity index is 1.95. The molecule has 1 amide bonds. The van der Waals surface area contributed by atoms with Crippen molar-refractivity contribution in [2.45, 2.75) is 13.0 Å². The predicted octanol–water partition coefficient (Wildman–Crippen LogP) is 4.29. The lowest BCUT2D eigenvalue weighted by Crippen LogP contribution is -2.30. The summed E-state index contributed by atoms with van der Waals surface area (Å²) in [4.78, 5) is 12.1. The van der Waals surface area contributed by atoms with E-state index in [9.17, 15) is 4.79 Å². The van der Waals surface area contributed by atoms with E-state index in [4.69, 9.17) is 27.9 Å². The molecule has 0 fully saturated rings. The molecule has 0 aliphatic heterocycles. The quantitative estimate of drug-likeness (QED) is 0.815. The van der Waals surface area contributed by atoms with Gasteiger partial charge in [-0.25, -0.2) is 0 Å². The van der Waals surface area contributed by atoms with Crippen molar-refractivity contribution in [3.05, 3.63) is 58.1 Å². The minimum absolute atomic E-state index is 0.0456. The van der Waals surface area contributed by atoms with Gasteiger partial charge in [-0.15, -0.1) is 0 Å². The zero-order valence-corrected chi connectivity index (χ0v) is 14.4. The topological polar surface area (TPSA) is 50.4 Å². The number of benzene rings is 2. The van der Waals surface area contributed by atoms with Crippen molar-refractivity contribution in [1.29, 1.82) is 0 Å². The molecule has 4 nitrogen and oxygen atoms in total. The lowest BCUT2D eigenvalue weighted by molar-refractivity contribution is -0.115. The summed E-state index contributed by atoms with van der Waals surface area (Å²) in [6.45, 7) is 2.09. The van der Waals surface area contributed by atoms with Crippen molar-refractivity contribution < 1.29 is 9.53 Å². The molecule has 23 heavy (non-hydrogen) atoms. The average molecular weight is 353 g/mol. The molecule has 0 aromatic heterocycles. The maximum atomic E-state index is 12.1. The van der Waals surface area contributed by atoms with Crippen LogP contribution in [-0.4, -0.2) is 19.6 Å². The maximum absolute atomic E-state index is 12.1. The lowest BCUT2D eigenvalue weighted by atomic mass is 10.1. The van der Waals surface area contributed by atoms with Gasteiger partial charge in [0.05, 0.1) is 19.3 Å². The van der Waals surface area contributed by atoms with Gasteiger partial charge in [0.15, 0.2) is 0 Å². The van der Waals surface area contributed by atoms with Crippen LogP contribution >= 0.6 is 23.2 Å². The number of anilines is 1. The maximum Gasteiger partial charge on any atom is 0.238 e. The molecule has 1 atom stereocenters. The standard InChI is InChI=1S/C17H18Cl2N2O2/c1-11(13-5-3-4-6-14(13)19)20-10-17(22)21-15-9-12(18)7-8-16(15)23-2/h3-9,11,20H,10H2,1-2H3,(H,21,22)/t11-/m1/s1. The van der Waals surface area contributed by atoms with Gasteiger partial charge in [-0.1, -0.05) is 41.4 Å². The summed E-state index contributed by atoms with van der Waals surface area (Å²) in [5, 5.41) is 7.12. The van der Waals surface area contributed by atoms with Gasteiger partial charge in [0.2, 0.25) is 5.91 Å². The number of carbonyl (C=O) groups is 1. The number of ether oxygens (including phenoxy) is 1. The van der Waals surface area contributed by atoms with Crippen molar-refractivity contribution in [3.8, 4) is 5.75 Å². The number of halogens is 2. The molecule has 2 rings (SSSR count). The first-order valence-electron chi connectivity index (χ1n) is 7.12. The minimum Gasteiger partial charge on any atom is -0.495 e. The molecule has 122 valence electrons. The highest BCUT2D eigenvalue weighted by Gasteiger charge is 2.12. The molecular formula is C17H18Cl2N2O2. The highest BCUT2D eigenvalue weighted by Crippen LogP contribution is 2.27. The number of nitrogens with one attached hydrogen (secondary N) is 2. The summed E-state index contributed by atoms with van der Waals surface area (Å²) < 4.78 is 5.20. The van der Waals surface area contributed by atoms with Gasteiger partial charge in [-0.2, -0.15) is 0 Å². The van der Waals surface area contributed by atoms with Crippen molar-refractivity contribution in [2.75, 3.05) is 19.0 Å². The van der Waals surface area contributed by atoms with E-state index in [0.717, 1.165) is 5.56 Å². The molecule has 6 heteroatoms. The van der Waals surface area contributed by atoms with Gasteiger partial charge in [-0.3, -0.25) is 4.79 Å². The van der Waals surface area contributed by atoms with Crippen molar-refractivity contribution in [3.63, 3.8) is 0 Å². The predicted molar refractivity (Wildman–Crippen MR) is 94.5 cm³/mol. The van der Waals surface area contributed by atoms with Crippen LogP contribution in [0.3, 0.4) is 0 Å². The number of hydrogen-bond acceptors (Lipinski definition) is 3. The van der Waals surface area contributed by atoms with E-state index in [0.29, 0.717) is 21.5 Å². The molecule has 0 unspecified atom stereocenters. The molecule has 0 bridgehead atoms. The fourth-order valence-electron chi connectivity index (χ4n) is 2.15. The Morgan fingerprint density at radius 3 is 2.65 bits per heavy atom. The second-order valence-electron chi connectivity index (χ2n) is 5.02. The van der Waals surface area contributed by atoms with Crippen molar-refractivity contribution in [2.24, 2.45) is 0 Å². The summed E-state index contributed by atoms with van der Waals surface area (Å²) in [6, 6.07) is 12.5. The Labute approximate surface area is 145 Å². The van der Waals surface area contributed by atoms with Crippen molar-refractivity contribution >= 4 is 34.8 Å². The Morgan fingerprint density at radius 1 is 1.22 bits per heavy atom. The molecule has 2 N–H and O–H groups in total. The third kappa shape index (κ3) is 4.86. The Morgan fingerprint density at radius 2 is 1.96 bits per heavy atom. The molecular weight excluding hydrogens is 335 g/mol. The summed E-state index contributed by atoms with van der Waals surface area (Å²) >= 11 is 12.1. The van der Waals surface area contributed by atoms with Gasteiger partial charge >= 0.3 is 0 Å². The number of methoxy groups -OCH3 is 1. The molecule has 0 spiro atoms. The second-order valence-corrected chi connectivity index (χ2v) is 5.86. The van der Waals surface area contributed by atoms with E-state index in [-0.39, 0.29) is 18.5 Å². The van der Waals surface area contributed by atoms with Crippen LogP contribution in [0, 0.1) is 0 Å². The lowest BCUT2D eigenvalue weighted by Gasteiger charge is -2.16. The summed E-state index contributed by atoms with van der Waals surface area (Å²) in [5.41, 5.74) is 1.49. The Bertz CT molecular complexity index is 692. The summed E-state index contributed by atoms with van der Waals surface area (Å²) in [6.07, 6.45) is 0. The van der Waals surface area contributed by atoms with E-state index in [2.05, 4.69) is 10.6 Å². The summed E-state index contributed by atoms with van der Waals surface area (Å²) in [7, 11) is 1.54. The largest absolute Gasteiger partial charge is 0.495 e. The first-order chi connectivity index (χ1) is 11.0. The highest BCUT2D eigenvalue weighted by atomic mass is 35.5. The zero-order valence-electron chi connectivity index (χ0n) is 12.9. The van der Waals surface area contributed by atoms with E-state index in [1.54, 1.807) is 18.2 Å². The van der Waals surface area contributed by atoms with Gasteiger partial charge in [-0.05, 0) is 36.8 Å². The molecule has 0 saturated heterocycles.